The van der Waals surface area contributed by atoms with Crippen molar-refractivity contribution >= 4 is 12.1 Å². The Balaban J connectivity index is 3.59. The van der Waals surface area contributed by atoms with E-state index in [1.165, 1.54) is 83.5 Å². The molecule has 1 atom stereocenters. The number of aldehydes is 1. The largest absolute Gasteiger partial charge is 0.303 e. The van der Waals surface area contributed by atoms with Gasteiger partial charge in [0.25, 0.3) is 0 Å². The van der Waals surface area contributed by atoms with Crippen LogP contribution >= 0.6 is 0 Å². The quantitative estimate of drug-likeness (QED) is 0.0420. The number of carbonyl (C=O) groups excluding carboxylic acids is 2. The molecule has 218 valence electrons. The Labute approximate surface area is 237 Å². The summed E-state index contributed by atoms with van der Waals surface area (Å²) < 4.78 is 0. The van der Waals surface area contributed by atoms with E-state index in [2.05, 4.69) is 62.5 Å². The minimum atomic E-state index is -0.371. The highest BCUT2D eigenvalue weighted by Gasteiger charge is 2.16. The summed E-state index contributed by atoms with van der Waals surface area (Å²) in [5, 5.41) is 0. The summed E-state index contributed by atoms with van der Waals surface area (Å²) in [5.41, 5.74) is 0. The van der Waals surface area contributed by atoms with Crippen LogP contribution in [0.5, 0.6) is 0 Å². The van der Waals surface area contributed by atoms with Crippen LogP contribution in [0.25, 0.3) is 0 Å². The van der Waals surface area contributed by atoms with E-state index in [0.717, 1.165) is 64.1 Å². The Morgan fingerprint density at radius 1 is 0.500 bits per heavy atom. The number of hydrogen-bond acceptors (Lipinski definition) is 2. The first-order valence-corrected chi connectivity index (χ1v) is 16.3. The van der Waals surface area contributed by atoms with Crippen molar-refractivity contribution in [1.29, 1.82) is 0 Å². The van der Waals surface area contributed by atoms with Gasteiger partial charge in [-0.3, -0.25) is 4.79 Å². The van der Waals surface area contributed by atoms with E-state index in [-0.39, 0.29) is 11.7 Å². The topological polar surface area (TPSA) is 34.1 Å². The van der Waals surface area contributed by atoms with Crippen LogP contribution < -0.4 is 0 Å². The van der Waals surface area contributed by atoms with Crippen LogP contribution in [0.1, 0.15) is 162 Å². The van der Waals surface area contributed by atoms with Crippen molar-refractivity contribution in [3.05, 3.63) is 48.6 Å². The average molecular weight is 527 g/mol. The second-order valence-corrected chi connectivity index (χ2v) is 10.9. The minimum absolute atomic E-state index is 0.163. The third kappa shape index (κ3) is 27.3. The predicted octanol–water partition coefficient (Wildman–Crippen LogP) is 11.6. The molecule has 2 heteroatoms. The van der Waals surface area contributed by atoms with Crippen LogP contribution in [0.2, 0.25) is 0 Å². The third-order valence-corrected chi connectivity index (χ3v) is 7.17. The van der Waals surface area contributed by atoms with Gasteiger partial charge in [0.2, 0.25) is 0 Å². The highest BCUT2D eigenvalue weighted by Crippen LogP contribution is 2.15. The highest BCUT2D eigenvalue weighted by molar-refractivity contribution is 5.93. The van der Waals surface area contributed by atoms with E-state index in [1.807, 2.05) is 0 Å². The van der Waals surface area contributed by atoms with Crippen molar-refractivity contribution in [3.63, 3.8) is 0 Å². The standard InChI is InChI=1S/C36H62O2/c1-3-5-7-9-11-13-15-17-19-21-23-25-27-29-31-33-36(38)35(34-37)32-30-28-26-24-22-20-18-16-14-12-10-8-6-4-2/h11-14,17-20,34-35H,3-10,15-16,21-33H2,1-2H3. The fourth-order valence-electron chi connectivity index (χ4n) is 4.60. The Hall–Kier alpha value is -1.70. The zero-order valence-electron chi connectivity index (χ0n) is 25.4. The number of ketones is 1. The minimum Gasteiger partial charge on any atom is -0.303 e. The van der Waals surface area contributed by atoms with Crippen LogP contribution in [0.15, 0.2) is 48.6 Å². The van der Waals surface area contributed by atoms with Gasteiger partial charge >= 0.3 is 0 Å². The SMILES string of the molecule is CCCCCC=CCC=CCCCCCCCC(=O)C(C=O)CCCCCCC=CCC=CCCCCC. The van der Waals surface area contributed by atoms with Crippen molar-refractivity contribution in [1.82, 2.24) is 0 Å². The lowest BCUT2D eigenvalue weighted by Gasteiger charge is -2.09. The van der Waals surface area contributed by atoms with Crippen molar-refractivity contribution in [2.45, 2.75) is 162 Å². The lowest BCUT2D eigenvalue weighted by molar-refractivity contribution is -0.127. The van der Waals surface area contributed by atoms with E-state index in [0.29, 0.717) is 6.42 Å². The van der Waals surface area contributed by atoms with Crippen LogP contribution in [-0.4, -0.2) is 12.1 Å². The maximum absolute atomic E-state index is 12.4. The highest BCUT2D eigenvalue weighted by atomic mass is 16.1. The molecule has 0 aliphatic rings. The van der Waals surface area contributed by atoms with Crippen LogP contribution in [0.4, 0.5) is 0 Å². The van der Waals surface area contributed by atoms with Gasteiger partial charge in [-0.05, 0) is 77.0 Å². The maximum atomic E-state index is 12.4. The molecular weight excluding hydrogens is 464 g/mol. The average Bonchev–Trinajstić information content (AvgIpc) is 2.93. The molecule has 0 heterocycles. The van der Waals surface area contributed by atoms with E-state index in [4.69, 9.17) is 0 Å². The molecule has 0 aromatic carbocycles. The van der Waals surface area contributed by atoms with E-state index in [9.17, 15) is 9.59 Å². The first-order chi connectivity index (χ1) is 18.8. The fourth-order valence-corrected chi connectivity index (χ4v) is 4.60. The zero-order valence-corrected chi connectivity index (χ0v) is 25.4. The van der Waals surface area contributed by atoms with Gasteiger partial charge in [-0.25, -0.2) is 0 Å². The van der Waals surface area contributed by atoms with Gasteiger partial charge < -0.3 is 4.79 Å². The molecule has 38 heavy (non-hydrogen) atoms. The fraction of sp³-hybridized carbons (Fsp3) is 0.722. The molecule has 0 aromatic heterocycles. The zero-order chi connectivity index (χ0) is 27.8. The summed E-state index contributed by atoms with van der Waals surface area (Å²) in [4.78, 5) is 23.8. The molecule has 0 saturated heterocycles. The van der Waals surface area contributed by atoms with E-state index >= 15 is 0 Å². The van der Waals surface area contributed by atoms with Crippen molar-refractivity contribution in [2.24, 2.45) is 5.92 Å². The third-order valence-electron chi connectivity index (χ3n) is 7.17. The molecule has 0 fully saturated rings. The summed E-state index contributed by atoms with van der Waals surface area (Å²) in [6.45, 7) is 4.49. The van der Waals surface area contributed by atoms with Gasteiger partial charge in [-0.2, -0.15) is 0 Å². The summed E-state index contributed by atoms with van der Waals surface area (Å²) in [6.07, 6.45) is 45.4. The number of allylic oxidation sites excluding steroid dienone is 8. The van der Waals surface area contributed by atoms with Crippen molar-refractivity contribution in [2.75, 3.05) is 0 Å². The van der Waals surface area contributed by atoms with Gasteiger partial charge in [-0.1, -0.05) is 127 Å². The summed E-state index contributed by atoms with van der Waals surface area (Å²) in [6, 6.07) is 0. The smallest absolute Gasteiger partial charge is 0.143 e. The predicted molar refractivity (Wildman–Crippen MR) is 169 cm³/mol. The molecule has 0 aromatic rings. The first kappa shape index (κ1) is 36.3. The number of carbonyl (C=O) groups is 2. The summed E-state index contributed by atoms with van der Waals surface area (Å²) >= 11 is 0. The van der Waals surface area contributed by atoms with Crippen molar-refractivity contribution < 1.29 is 9.59 Å². The maximum Gasteiger partial charge on any atom is 0.143 e. The monoisotopic (exact) mass is 526 g/mol. The Kier molecular flexibility index (Phi) is 30.1. The number of rotatable bonds is 29. The van der Waals surface area contributed by atoms with Crippen molar-refractivity contribution in [3.8, 4) is 0 Å². The lowest BCUT2D eigenvalue weighted by Crippen LogP contribution is -2.15. The molecule has 0 aliphatic heterocycles. The van der Waals surface area contributed by atoms with Gasteiger partial charge in [0.15, 0.2) is 0 Å². The molecule has 0 spiro atoms. The number of unbranched alkanes of at least 4 members (excludes halogenated alkanes) is 15. The summed E-state index contributed by atoms with van der Waals surface area (Å²) in [7, 11) is 0. The molecule has 0 aliphatic carbocycles. The van der Waals surface area contributed by atoms with Gasteiger partial charge in [0.1, 0.15) is 12.1 Å². The van der Waals surface area contributed by atoms with E-state index in [1.54, 1.807) is 0 Å². The molecule has 0 saturated carbocycles. The van der Waals surface area contributed by atoms with Gasteiger partial charge in [0.05, 0.1) is 5.92 Å². The molecule has 2 nitrogen and oxygen atoms in total. The second-order valence-electron chi connectivity index (χ2n) is 10.9. The number of Topliss-reactive ketones (excluding diaryl/α,β-unsaturated/α-hetero) is 1. The lowest BCUT2D eigenvalue weighted by atomic mass is 9.94. The van der Waals surface area contributed by atoms with Crippen LogP contribution in [0.3, 0.4) is 0 Å². The van der Waals surface area contributed by atoms with Gasteiger partial charge in [-0.15, -0.1) is 0 Å². The van der Waals surface area contributed by atoms with Gasteiger partial charge in [0, 0.05) is 6.42 Å². The van der Waals surface area contributed by atoms with E-state index < -0.39 is 0 Å². The molecule has 1 unspecified atom stereocenters. The Bertz CT molecular complexity index is 625. The molecule has 0 rings (SSSR count). The number of hydrogen-bond donors (Lipinski definition) is 0. The summed E-state index contributed by atoms with van der Waals surface area (Å²) in [5.74, 6) is -0.207. The Morgan fingerprint density at radius 2 is 0.895 bits per heavy atom. The first-order valence-electron chi connectivity index (χ1n) is 16.3. The normalized spacial score (nSPS) is 13.0. The second kappa shape index (κ2) is 31.5. The molecule has 0 amide bonds. The molecule has 0 N–H and O–H groups in total. The molecule has 0 bridgehead atoms. The molecule has 0 radical (unpaired) electrons. The Morgan fingerprint density at radius 3 is 1.34 bits per heavy atom. The van der Waals surface area contributed by atoms with Crippen LogP contribution in [-0.2, 0) is 9.59 Å². The van der Waals surface area contributed by atoms with Crippen LogP contribution in [0, 0.1) is 5.92 Å². The molecular formula is C36H62O2.